The third-order valence-electron chi connectivity index (χ3n) is 3.33. The van der Waals surface area contributed by atoms with E-state index in [1.807, 2.05) is 32.9 Å². The molecule has 0 aliphatic rings. The van der Waals surface area contributed by atoms with Crippen molar-refractivity contribution in [3.63, 3.8) is 0 Å². The largest absolute Gasteiger partial charge is 0.465 e. The van der Waals surface area contributed by atoms with Crippen LogP contribution in [0.4, 0.5) is 0 Å². The Morgan fingerprint density at radius 3 is 2.44 bits per heavy atom. The zero-order chi connectivity index (χ0) is 13.8. The van der Waals surface area contributed by atoms with Crippen LogP contribution in [0, 0.1) is 12.3 Å². The van der Waals surface area contributed by atoms with Gasteiger partial charge in [-0.2, -0.15) is 0 Å². The van der Waals surface area contributed by atoms with E-state index in [0.29, 0.717) is 19.4 Å². The van der Waals surface area contributed by atoms with E-state index in [1.54, 1.807) is 0 Å². The van der Waals surface area contributed by atoms with E-state index in [9.17, 15) is 4.79 Å². The van der Waals surface area contributed by atoms with Gasteiger partial charge < -0.3 is 15.5 Å². The summed E-state index contributed by atoms with van der Waals surface area (Å²) in [6.45, 7) is 6.05. The third kappa shape index (κ3) is 2.90. The molecule has 0 spiro atoms. The molecule has 0 aliphatic carbocycles. The lowest BCUT2D eigenvalue weighted by molar-refractivity contribution is -0.128. The molecule has 0 atom stereocenters. The van der Waals surface area contributed by atoms with Crippen molar-refractivity contribution in [3.05, 3.63) is 23.7 Å². The number of nitrogens with one attached hydrogen (secondary N) is 1. The normalized spacial score (nSPS) is 11.3. The van der Waals surface area contributed by atoms with E-state index in [-0.39, 0.29) is 10.9 Å². The molecule has 5 heteroatoms. The molecule has 0 fully saturated rings. The molecule has 0 bridgehead atoms. The first-order valence-electron chi connectivity index (χ1n) is 6.09. The summed E-state index contributed by atoms with van der Waals surface area (Å²) < 4.78 is 5.40. The lowest BCUT2D eigenvalue weighted by atomic mass is 9.81. The number of nitrogens with two attached hydrogens (primary N) is 1. The van der Waals surface area contributed by atoms with Gasteiger partial charge >= 0.3 is 0 Å². The molecule has 1 rings (SSSR count). The molecule has 1 amide bonds. The van der Waals surface area contributed by atoms with E-state index in [2.05, 4.69) is 5.32 Å². The molecule has 0 saturated carbocycles. The highest BCUT2D eigenvalue weighted by molar-refractivity contribution is 7.80. The minimum absolute atomic E-state index is 0.131. The van der Waals surface area contributed by atoms with Crippen LogP contribution in [0.15, 0.2) is 16.5 Å². The molecule has 0 aromatic carbocycles. The number of hydrogen-bond acceptors (Lipinski definition) is 3. The van der Waals surface area contributed by atoms with Crippen molar-refractivity contribution < 1.29 is 9.21 Å². The number of hydrogen-bond donors (Lipinski definition) is 2. The molecule has 0 saturated heterocycles. The van der Waals surface area contributed by atoms with Crippen molar-refractivity contribution in [1.82, 2.24) is 5.32 Å². The monoisotopic (exact) mass is 268 g/mol. The molecule has 3 N–H and O–H groups in total. The lowest BCUT2D eigenvalue weighted by Gasteiger charge is -2.28. The fourth-order valence-electron chi connectivity index (χ4n) is 1.95. The van der Waals surface area contributed by atoms with Crippen LogP contribution >= 0.6 is 12.2 Å². The highest BCUT2D eigenvalue weighted by Crippen LogP contribution is 2.27. The first kappa shape index (κ1) is 14.7. The fraction of sp³-hybridized carbons (Fsp3) is 0.538. The average Bonchev–Trinajstić information content (AvgIpc) is 2.74. The Bertz CT molecular complexity index is 436. The van der Waals surface area contributed by atoms with E-state index in [0.717, 1.165) is 11.5 Å². The minimum Gasteiger partial charge on any atom is -0.465 e. The average molecular weight is 268 g/mol. The third-order valence-corrected chi connectivity index (χ3v) is 3.72. The van der Waals surface area contributed by atoms with Gasteiger partial charge in [0, 0.05) is 0 Å². The molecule has 1 aromatic rings. The van der Waals surface area contributed by atoms with Gasteiger partial charge in [0.05, 0.1) is 16.9 Å². The highest BCUT2D eigenvalue weighted by Gasteiger charge is 2.37. The van der Waals surface area contributed by atoms with Crippen LogP contribution in [0.25, 0.3) is 0 Å². The van der Waals surface area contributed by atoms with Crippen molar-refractivity contribution in [3.8, 4) is 0 Å². The number of thiocarbonyl (C=S) groups is 1. The first-order valence-corrected chi connectivity index (χ1v) is 6.50. The van der Waals surface area contributed by atoms with E-state index in [1.165, 1.54) is 0 Å². The summed E-state index contributed by atoms with van der Waals surface area (Å²) in [6.07, 6.45) is 1.20. The molecule has 1 aromatic heterocycles. The quantitative estimate of drug-likeness (QED) is 0.777. The first-order chi connectivity index (χ1) is 8.46. The summed E-state index contributed by atoms with van der Waals surface area (Å²) in [6, 6.07) is 3.71. The second-order valence-electron chi connectivity index (χ2n) is 4.35. The lowest BCUT2D eigenvalue weighted by Crippen LogP contribution is -2.48. The summed E-state index contributed by atoms with van der Waals surface area (Å²) in [7, 11) is 0. The molecule has 0 unspecified atom stereocenters. The second-order valence-corrected chi connectivity index (χ2v) is 4.79. The highest BCUT2D eigenvalue weighted by atomic mass is 32.1. The summed E-state index contributed by atoms with van der Waals surface area (Å²) >= 11 is 5.03. The molecular weight excluding hydrogens is 248 g/mol. The predicted octanol–water partition coefficient (Wildman–Crippen LogP) is 2.30. The Kier molecular flexibility index (Phi) is 4.90. The Morgan fingerprint density at radius 1 is 1.44 bits per heavy atom. The van der Waals surface area contributed by atoms with Gasteiger partial charge in [-0.05, 0) is 31.9 Å². The standard InChI is InChI=1S/C13H20N2O2S/c1-4-13(5-2,11(14)18)12(16)15-8-10-7-6-9(3)17-10/h6-7H,4-5,8H2,1-3H3,(H2,14,18)(H,15,16). The van der Waals surface area contributed by atoms with Gasteiger partial charge in [0.25, 0.3) is 0 Å². The van der Waals surface area contributed by atoms with Gasteiger partial charge in [0.1, 0.15) is 11.5 Å². The number of furan rings is 1. The van der Waals surface area contributed by atoms with Crippen molar-refractivity contribution in [2.75, 3.05) is 0 Å². The van der Waals surface area contributed by atoms with Crippen molar-refractivity contribution in [2.45, 2.75) is 40.2 Å². The maximum Gasteiger partial charge on any atom is 0.233 e. The van der Waals surface area contributed by atoms with Crippen LogP contribution in [-0.4, -0.2) is 10.9 Å². The summed E-state index contributed by atoms with van der Waals surface area (Å²) in [4.78, 5) is 12.5. The second kappa shape index (κ2) is 6.00. The van der Waals surface area contributed by atoms with Gasteiger partial charge in [-0.1, -0.05) is 26.1 Å². The zero-order valence-corrected chi connectivity index (χ0v) is 11.9. The van der Waals surface area contributed by atoms with Crippen molar-refractivity contribution >= 4 is 23.1 Å². The molecular formula is C13H20N2O2S. The van der Waals surface area contributed by atoms with Gasteiger partial charge in [0.2, 0.25) is 5.91 Å². The number of carbonyl (C=O) groups is 1. The number of amides is 1. The molecule has 4 nitrogen and oxygen atoms in total. The van der Waals surface area contributed by atoms with Gasteiger partial charge in [-0.15, -0.1) is 0 Å². The maximum atomic E-state index is 12.2. The van der Waals surface area contributed by atoms with E-state index in [4.69, 9.17) is 22.4 Å². The molecule has 18 heavy (non-hydrogen) atoms. The molecule has 0 radical (unpaired) electrons. The van der Waals surface area contributed by atoms with Crippen LogP contribution in [0.2, 0.25) is 0 Å². The number of rotatable bonds is 6. The Morgan fingerprint density at radius 2 is 2.06 bits per heavy atom. The SMILES string of the molecule is CCC(CC)(C(=O)NCc1ccc(C)o1)C(N)=S. The zero-order valence-electron chi connectivity index (χ0n) is 11.1. The van der Waals surface area contributed by atoms with Gasteiger partial charge in [0.15, 0.2) is 0 Å². The number of aryl methyl sites for hydroxylation is 1. The topological polar surface area (TPSA) is 68.3 Å². The fourth-order valence-corrected chi connectivity index (χ4v) is 2.33. The summed E-state index contributed by atoms with van der Waals surface area (Å²) in [5.41, 5.74) is 4.96. The molecule has 100 valence electrons. The Hall–Kier alpha value is -1.36. The predicted molar refractivity (Wildman–Crippen MR) is 75.1 cm³/mol. The summed E-state index contributed by atoms with van der Waals surface area (Å²) in [5.74, 6) is 1.42. The maximum absolute atomic E-state index is 12.2. The van der Waals surface area contributed by atoms with E-state index < -0.39 is 5.41 Å². The number of carbonyl (C=O) groups excluding carboxylic acids is 1. The van der Waals surface area contributed by atoms with Crippen molar-refractivity contribution in [1.29, 1.82) is 0 Å². The van der Waals surface area contributed by atoms with Gasteiger partial charge in [-0.25, -0.2) is 0 Å². The molecule has 0 aliphatic heterocycles. The minimum atomic E-state index is -0.753. The summed E-state index contributed by atoms with van der Waals surface area (Å²) in [5, 5.41) is 2.84. The van der Waals surface area contributed by atoms with E-state index >= 15 is 0 Å². The van der Waals surface area contributed by atoms with Crippen LogP contribution in [0.5, 0.6) is 0 Å². The Balaban J connectivity index is 2.71. The van der Waals surface area contributed by atoms with Crippen LogP contribution in [0.1, 0.15) is 38.2 Å². The van der Waals surface area contributed by atoms with Gasteiger partial charge in [-0.3, -0.25) is 4.79 Å². The smallest absolute Gasteiger partial charge is 0.233 e. The van der Waals surface area contributed by atoms with Crippen LogP contribution in [0.3, 0.4) is 0 Å². The Labute approximate surface area is 113 Å². The van der Waals surface area contributed by atoms with Crippen LogP contribution < -0.4 is 11.1 Å². The van der Waals surface area contributed by atoms with Crippen LogP contribution in [-0.2, 0) is 11.3 Å². The molecule has 1 heterocycles. The van der Waals surface area contributed by atoms with Crippen molar-refractivity contribution in [2.24, 2.45) is 11.1 Å².